The van der Waals surface area contributed by atoms with Crippen LogP contribution in [-0.4, -0.2) is 38.1 Å². The fourth-order valence-corrected chi connectivity index (χ4v) is 1.22. The molecule has 86 valence electrons. The summed E-state index contributed by atoms with van der Waals surface area (Å²) in [6.45, 7) is 0. The predicted molar refractivity (Wildman–Crippen MR) is 56.6 cm³/mol. The fraction of sp³-hybridized carbons (Fsp3) is 0.100. The van der Waals surface area contributed by atoms with E-state index in [9.17, 15) is 4.79 Å². The molecule has 0 aromatic carbocycles. The Labute approximate surface area is 96.2 Å². The van der Waals surface area contributed by atoms with Crippen LogP contribution in [0.5, 0.6) is 5.75 Å². The molecule has 1 N–H and O–H groups in total. The van der Waals surface area contributed by atoms with Crippen molar-refractivity contribution in [2.75, 3.05) is 7.11 Å². The van der Waals surface area contributed by atoms with Gasteiger partial charge in [0.1, 0.15) is 12.0 Å². The monoisotopic (exact) mass is 232 g/mol. The van der Waals surface area contributed by atoms with E-state index < -0.39 is 5.97 Å². The number of ether oxygens (including phenoxy) is 1. The van der Waals surface area contributed by atoms with Crippen LogP contribution in [-0.2, 0) is 0 Å². The lowest BCUT2D eigenvalue weighted by Crippen LogP contribution is -2.06. The average molecular weight is 232 g/mol. The molecular formula is C10H8N4O3. The normalized spacial score (nSPS) is 9.94. The van der Waals surface area contributed by atoms with Crippen LogP contribution >= 0.6 is 0 Å². The SMILES string of the molecule is COc1cnc(-c2ccncn2)nc1C(=O)O. The van der Waals surface area contributed by atoms with Crippen molar-refractivity contribution in [1.82, 2.24) is 19.9 Å². The summed E-state index contributed by atoms with van der Waals surface area (Å²) < 4.78 is 4.86. The minimum atomic E-state index is -1.18. The van der Waals surface area contributed by atoms with Gasteiger partial charge in [-0.15, -0.1) is 0 Å². The predicted octanol–water partition coefficient (Wildman–Crippen LogP) is 0.640. The maximum Gasteiger partial charge on any atom is 0.358 e. The molecule has 7 nitrogen and oxygen atoms in total. The second kappa shape index (κ2) is 4.52. The molecule has 0 atom stereocenters. The minimum absolute atomic E-state index is 0.107. The molecule has 0 radical (unpaired) electrons. The second-order valence-electron chi connectivity index (χ2n) is 3.01. The maximum absolute atomic E-state index is 11.0. The van der Waals surface area contributed by atoms with Gasteiger partial charge in [-0.1, -0.05) is 0 Å². The third-order valence-corrected chi connectivity index (χ3v) is 1.99. The Bertz CT molecular complexity index is 545. The van der Waals surface area contributed by atoms with Crippen LogP contribution in [0.3, 0.4) is 0 Å². The molecule has 0 aliphatic rings. The topological polar surface area (TPSA) is 98.1 Å². The first kappa shape index (κ1) is 10.9. The van der Waals surface area contributed by atoms with Crippen molar-refractivity contribution < 1.29 is 14.6 Å². The van der Waals surface area contributed by atoms with Gasteiger partial charge in [-0.2, -0.15) is 0 Å². The molecule has 17 heavy (non-hydrogen) atoms. The van der Waals surface area contributed by atoms with Crippen molar-refractivity contribution in [3.63, 3.8) is 0 Å². The smallest absolute Gasteiger partial charge is 0.358 e. The minimum Gasteiger partial charge on any atom is -0.493 e. The molecule has 0 aliphatic heterocycles. The van der Waals surface area contributed by atoms with Crippen molar-refractivity contribution in [2.24, 2.45) is 0 Å². The van der Waals surface area contributed by atoms with Gasteiger partial charge < -0.3 is 9.84 Å². The molecule has 0 amide bonds. The summed E-state index contributed by atoms with van der Waals surface area (Å²) in [4.78, 5) is 26.5. The summed E-state index contributed by atoms with van der Waals surface area (Å²) in [5.74, 6) is -0.861. The summed E-state index contributed by atoms with van der Waals surface area (Å²) in [5, 5.41) is 8.97. The Hall–Kier alpha value is -2.57. The summed E-state index contributed by atoms with van der Waals surface area (Å²) in [5.41, 5.74) is 0.251. The fourth-order valence-electron chi connectivity index (χ4n) is 1.22. The second-order valence-corrected chi connectivity index (χ2v) is 3.01. The molecule has 0 saturated heterocycles. The number of aromatic carboxylic acids is 1. The number of hydrogen-bond acceptors (Lipinski definition) is 6. The lowest BCUT2D eigenvalue weighted by atomic mass is 10.3. The van der Waals surface area contributed by atoms with Gasteiger partial charge in [0, 0.05) is 6.20 Å². The van der Waals surface area contributed by atoms with E-state index in [0.717, 1.165) is 0 Å². The lowest BCUT2D eigenvalue weighted by molar-refractivity contribution is 0.0686. The highest BCUT2D eigenvalue weighted by Gasteiger charge is 2.15. The molecule has 0 spiro atoms. The van der Waals surface area contributed by atoms with Crippen LogP contribution in [0.4, 0.5) is 0 Å². The molecule has 0 fully saturated rings. The Morgan fingerprint density at radius 2 is 2.24 bits per heavy atom. The van der Waals surface area contributed by atoms with Crippen molar-refractivity contribution in [2.45, 2.75) is 0 Å². The highest BCUT2D eigenvalue weighted by atomic mass is 16.5. The number of methoxy groups -OCH3 is 1. The molecule has 0 aliphatic carbocycles. The van der Waals surface area contributed by atoms with E-state index in [-0.39, 0.29) is 17.3 Å². The van der Waals surface area contributed by atoms with Gasteiger partial charge in [0.25, 0.3) is 0 Å². The third-order valence-electron chi connectivity index (χ3n) is 1.99. The van der Waals surface area contributed by atoms with Gasteiger partial charge in [-0.05, 0) is 6.07 Å². The molecular weight excluding hydrogens is 224 g/mol. The van der Waals surface area contributed by atoms with E-state index in [4.69, 9.17) is 9.84 Å². The number of rotatable bonds is 3. The molecule has 2 aromatic rings. The Morgan fingerprint density at radius 3 is 2.82 bits per heavy atom. The molecule has 2 rings (SSSR count). The zero-order valence-electron chi connectivity index (χ0n) is 8.86. The molecule has 7 heteroatoms. The van der Waals surface area contributed by atoms with Crippen molar-refractivity contribution in [3.8, 4) is 17.3 Å². The van der Waals surface area contributed by atoms with Crippen LogP contribution in [0.25, 0.3) is 11.5 Å². The average Bonchev–Trinajstić information content (AvgIpc) is 2.39. The lowest BCUT2D eigenvalue weighted by Gasteiger charge is -2.04. The van der Waals surface area contributed by atoms with Gasteiger partial charge >= 0.3 is 5.97 Å². The molecule has 0 bridgehead atoms. The largest absolute Gasteiger partial charge is 0.493 e. The van der Waals surface area contributed by atoms with Crippen molar-refractivity contribution in [1.29, 1.82) is 0 Å². The number of carbonyl (C=O) groups is 1. The van der Waals surface area contributed by atoms with Crippen LogP contribution in [0, 0.1) is 0 Å². The van der Waals surface area contributed by atoms with Gasteiger partial charge in [0.2, 0.25) is 0 Å². The van der Waals surface area contributed by atoms with Crippen LogP contribution in [0.15, 0.2) is 24.8 Å². The van der Waals surface area contributed by atoms with E-state index in [2.05, 4.69) is 19.9 Å². The first-order chi connectivity index (χ1) is 8.22. The standard InChI is InChI=1S/C10H8N4O3/c1-17-7-4-12-9(14-8(7)10(15)16)6-2-3-11-5-13-6/h2-5H,1H3,(H,15,16). The summed E-state index contributed by atoms with van der Waals surface area (Å²) in [6, 6.07) is 1.59. The number of nitrogens with zero attached hydrogens (tertiary/aromatic N) is 4. The molecule has 2 heterocycles. The quantitative estimate of drug-likeness (QED) is 0.828. The molecule has 0 unspecified atom stereocenters. The van der Waals surface area contributed by atoms with Crippen LogP contribution < -0.4 is 4.74 Å². The van der Waals surface area contributed by atoms with E-state index in [1.807, 2.05) is 0 Å². The van der Waals surface area contributed by atoms with Crippen LogP contribution in [0.2, 0.25) is 0 Å². The summed E-state index contributed by atoms with van der Waals surface area (Å²) >= 11 is 0. The van der Waals surface area contributed by atoms with E-state index in [1.54, 1.807) is 6.07 Å². The zero-order chi connectivity index (χ0) is 12.3. The third kappa shape index (κ3) is 2.17. The number of carboxylic acids is 1. The first-order valence-electron chi connectivity index (χ1n) is 4.63. The van der Waals surface area contributed by atoms with Crippen molar-refractivity contribution >= 4 is 5.97 Å². The van der Waals surface area contributed by atoms with Crippen molar-refractivity contribution in [3.05, 3.63) is 30.5 Å². The van der Waals surface area contributed by atoms with E-state index in [1.165, 1.54) is 25.8 Å². The molecule has 2 aromatic heterocycles. The number of hydrogen-bond donors (Lipinski definition) is 1. The highest BCUT2D eigenvalue weighted by molar-refractivity contribution is 5.88. The Morgan fingerprint density at radius 1 is 1.41 bits per heavy atom. The molecule has 0 saturated carbocycles. The van der Waals surface area contributed by atoms with Gasteiger partial charge in [-0.25, -0.2) is 24.7 Å². The van der Waals surface area contributed by atoms with Crippen LogP contribution in [0.1, 0.15) is 10.5 Å². The maximum atomic E-state index is 11.0. The van der Waals surface area contributed by atoms with E-state index >= 15 is 0 Å². The zero-order valence-corrected chi connectivity index (χ0v) is 8.86. The first-order valence-corrected chi connectivity index (χ1v) is 4.63. The van der Waals surface area contributed by atoms with Gasteiger partial charge in [0.05, 0.1) is 13.3 Å². The van der Waals surface area contributed by atoms with Gasteiger partial charge in [0.15, 0.2) is 17.3 Å². The number of aromatic nitrogens is 4. The highest BCUT2D eigenvalue weighted by Crippen LogP contribution is 2.18. The summed E-state index contributed by atoms with van der Waals surface area (Å²) in [6.07, 6.45) is 4.16. The van der Waals surface area contributed by atoms with E-state index in [0.29, 0.717) is 5.69 Å². The Balaban J connectivity index is 2.51. The Kier molecular flexibility index (Phi) is 2.91. The summed E-state index contributed by atoms with van der Waals surface area (Å²) in [7, 11) is 1.36. The van der Waals surface area contributed by atoms with Gasteiger partial charge in [-0.3, -0.25) is 0 Å². The number of carboxylic acid groups (broad SMARTS) is 1.